The lowest BCUT2D eigenvalue weighted by atomic mass is 10.1. The number of fused-ring (bicyclic) bond motifs is 1. The molecule has 28 heavy (non-hydrogen) atoms. The van der Waals surface area contributed by atoms with Crippen LogP contribution in [0.25, 0.3) is 22.4 Å². The Morgan fingerprint density at radius 2 is 2.00 bits per heavy atom. The van der Waals surface area contributed by atoms with Crippen molar-refractivity contribution in [3.8, 4) is 11.4 Å². The quantitative estimate of drug-likeness (QED) is 0.491. The van der Waals surface area contributed by atoms with E-state index in [4.69, 9.17) is 4.52 Å². The van der Waals surface area contributed by atoms with Crippen molar-refractivity contribution in [3.05, 3.63) is 52.8 Å². The van der Waals surface area contributed by atoms with Gasteiger partial charge in [-0.2, -0.15) is 4.98 Å². The zero-order valence-corrected chi connectivity index (χ0v) is 16.6. The highest BCUT2D eigenvalue weighted by Gasteiger charge is 2.13. The molecule has 0 atom stereocenters. The minimum absolute atomic E-state index is 0.622. The summed E-state index contributed by atoms with van der Waals surface area (Å²) in [5.74, 6) is 1.26. The Morgan fingerprint density at radius 1 is 1.07 bits per heavy atom. The largest absolute Gasteiger partial charge is 0.339 e. The Balaban J connectivity index is 1.31. The maximum Gasteiger partial charge on any atom is 0.232 e. The van der Waals surface area contributed by atoms with Crippen LogP contribution in [-0.4, -0.2) is 44.2 Å². The molecule has 0 unspecified atom stereocenters. The van der Waals surface area contributed by atoms with Crippen molar-refractivity contribution < 1.29 is 4.52 Å². The van der Waals surface area contributed by atoms with Crippen LogP contribution in [-0.2, 0) is 13.0 Å². The summed E-state index contributed by atoms with van der Waals surface area (Å²) in [5.41, 5.74) is 3.07. The van der Waals surface area contributed by atoms with E-state index in [1.165, 1.54) is 37.2 Å². The van der Waals surface area contributed by atoms with Crippen LogP contribution in [0.15, 0.2) is 46.6 Å². The molecule has 1 saturated heterocycles. The molecule has 0 bridgehead atoms. The zero-order valence-electron chi connectivity index (χ0n) is 15.8. The van der Waals surface area contributed by atoms with Gasteiger partial charge in [-0.05, 0) is 55.6 Å². The van der Waals surface area contributed by atoms with Gasteiger partial charge < -0.3 is 14.0 Å². The lowest BCUT2D eigenvalue weighted by molar-refractivity contribution is 0.221. The molecule has 1 aliphatic heterocycles. The van der Waals surface area contributed by atoms with Crippen LogP contribution < -0.4 is 0 Å². The van der Waals surface area contributed by atoms with E-state index in [2.05, 4.69) is 48.2 Å². The average molecular weight is 394 g/mol. The molecular formula is C21H23N5OS. The highest BCUT2D eigenvalue weighted by atomic mass is 32.1. The third-order valence-electron chi connectivity index (χ3n) is 5.36. The number of imidazole rings is 1. The Hall–Kier alpha value is -2.51. The van der Waals surface area contributed by atoms with Crippen LogP contribution in [0.5, 0.6) is 0 Å². The summed E-state index contributed by atoms with van der Waals surface area (Å²) in [6, 6.07) is 10.3. The van der Waals surface area contributed by atoms with Gasteiger partial charge in [-0.3, -0.25) is 0 Å². The summed E-state index contributed by atoms with van der Waals surface area (Å²) in [6.07, 6.45) is 6.65. The molecule has 0 N–H and O–H groups in total. The van der Waals surface area contributed by atoms with Crippen LogP contribution >= 0.6 is 11.3 Å². The first kappa shape index (κ1) is 17.6. The number of hydrogen-bond acceptors (Lipinski definition) is 6. The number of benzene rings is 1. The van der Waals surface area contributed by atoms with Crippen molar-refractivity contribution in [3.63, 3.8) is 0 Å². The third kappa shape index (κ3) is 3.72. The molecule has 1 fully saturated rings. The van der Waals surface area contributed by atoms with E-state index in [9.17, 15) is 0 Å². The van der Waals surface area contributed by atoms with Crippen molar-refractivity contribution in [2.24, 2.45) is 0 Å². The monoisotopic (exact) mass is 393 g/mol. The number of aromatic nitrogens is 4. The van der Waals surface area contributed by atoms with Crippen LogP contribution in [0.4, 0.5) is 0 Å². The number of hydrogen-bond donors (Lipinski definition) is 0. The van der Waals surface area contributed by atoms with Gasteiger partial charge in [0.25, 0.3) is 0 Å². The summed E-state index contributed by atoms with van der Waals surface area (Å²) < 4.78 is 7.67. The number of likely N-dealkylation sites (tertiary alicyclic amines) is 1. The van der Waals surface area contributed by atoms with E-state index < -0.39 is 0 Å². The Morgan fingerprint density at radius 3 is 2.86 bits per heavy atom. The number of piperidine rings is 1. The van der Waals surface area contributed by atoms with Gasteiger partial charge in [-0.15, -0.1) is 11.3 Å². The van der Waals surface area contributed by atoms with Gasteiger partial charge in [0.15, 0.2) is 0 Å². The van der Waals surface area contributed by atoms with Crippen molar-refractivity contribution >= 4 is 22.4 Å². The molecule has 0 aliphatic carbocycles. The fourth-order valence-electron chi connectivity index (χ4n) is 3.82. The van der Waals surface area contributed by atoms with Crippen molar-refractivity contribution in [1.82, 2.24) is 24.6 Å². The van der Waals surface area contributed by atoms with Gasteiger partial charge in [-0.1, -0.05) is 17.6 Å². The Bertz CT molecular complexity index is 1050. The van der Waals surface area contributed by atoms with Crippen molar-refractivity contribution in [1.29, 1.82) is 0 Å². The molecule has 6 nitrogen and oxygen atoms in total. The number of nitrogens with zero attached hydrogens (tertiary/aromatic N) is 5. The fraction of sp³-hybridized carbons (Fsp3) is 0.381. The highest BCUT2D eigenvalue weighted by Crippen LogP contribution is 2.23. The summed E-state index contributed by atoms with van der Waals surface area (Å²) in [7, 11) is 0. The zero-order chi connectivity index (χ0) is 18.8. The first-order valence-corrected chi connectivity index (χ1v) is 10.8. The summed E-state index contributed by atoms with van der Waals surface area (Å²) in [5, 5.41) is 6.21. The second-order valence-corrected chi connectivity index (χ2v) is 8.34. The van der Waals surface area contributed by atoms with E-state index >= 15 is 0 Å². The Kier molecular flexibility index (Phi) is 4.93. The summed E-state index contributed by atoms with van der Waals surface area (Å²) >= 11 is 1.70. The summed E-state index contributed by atoms with van der Waals surface area (Å²) in [6.45, 7) is 4.51. The highest BCUT2D eigenvalue weighted by molar-refractivity contribution is 7.09. The fourth-order valence-corrected chi connectivity index (χ4v) is 4.52. The lowest BCUT2D eigenvalue weighted by Crippen LogP contribution is -2.32. The van der Waals surface area contributed by atoms with Gasteiger partial charge >= 0.3 is 0 Å². The normalized spacial score (nSPS) is 15.4. The lowest BCUT2D eigenvalue weighted by Gasteiger charge is -2.26. The van der Waals surface area contributed by atoms with Crippen LogP contribution in [0.1, 0.15) is 30.0 Å². The minimum Gasteiger partial charge on any atom is -0.339 e. The smallest absolute Gasteiger partial charge is 0.232 e. The maximum absolute atomic E-state index is 5.43. The predicted octanol–water partition coefficient (Wildman–Crippen LogP) is 4.22. The second kappa shape index (κ2) is 7.85. The van der Waals surface area contributed by atoms with Gasteiger partial charge in [0, 0.05) is 23.5 Å². The third-order valence-corrected chi connectivity index (χ3v) is 6.24. The molecule has 3 aromatic heterocycles. The topological polar surface area (TPSA) is 60.0 Å². The first-order valence-electron chi connectivity index (χ1n) is 9.88. The van der Waals surface area contributed by atoms with E-state index in [1.807, 2.05) is 18.5 Å². The van der Waals surface area contributed by atoms with E-state index in [0.29, 0.717) is 18.1 Å². The Labute approximate surface area is 167 Å². The molecule has 7 heteroatoms. The van der Waals surface area contributed by atoms with Gasteiger partial charge in [0.2, 0.25) is 11.7 Å². The van der Waals surface area contributed by atoms with E-state index in [1.54, 1.807) is 11.3 Å². The molecule has 4 heterocycles. The number of rotatable bonds is 6. The van der Waals surface area contributed by atoms with Crippen molar-refractivity contribution in [2.75, 3.05) is 19.6 Å². The van der Waals surface area contributed by atoms with Gasteiger partial charge in [-0.25, -0.2) is 4.98 Å². The predicted molar refractivity (Wildman–Crippen MR) is 110 cm³/mol. The molecule has 0 radical (unpaired) electrons. The molecule has 1 aromatic carbocycles. The minimum atomic E-state index is 0.622. The maximum atomic E-state index is 5.43. The molecule has 0 saturated carbocycles. The van der Waals surface area contributed by atoms with Crippen molar-refractivity contribution in [2.45, 2.75) is 32.2 Å². The molecule has 0 amide bonds. The van der Waals surface area contributed by atoms with Crippen LogP contribution in [0.2, 0.25) is 0 Å². The average Bonchev–Trinajstić information content (AvgIpc) is 3.48. The summed E-state index contributed by atoms with van der Waals surface area (Å²) in [4.78, 5) is 12.9. The number of thiophene rings is 1. The molecular weight excluding hydrogens is 370 g/mol. The second-order valence-electron chi connectivity index (χ2n) is 7.31. The SMILES string of the molecule is c1csc(Cc2nc(-c3ccc4c(c3)ncn4CCN3CCCCC3)no2)c1. The molecule has 4 aromatic rings. The van der Waals surface area contributed by atoms with E-state index in [0.717, 1.165) is 29.7 Å². The molecule has 1 aliphatic rings. The molecule has 144 valence electrons. The van der Waals surface area contributed by atoms with Crippen LogP contribution in [0.3, 0.4) is 0 Å². The first-order chi connectivity index (χ1) is 13.8. The molecule has 5 rings (SSSR count). The van der Waals surface area contributed by atoms with Gasteiger partial charge in [0.05, 0.1) is 23.8 Å². The standard InChI is InChI=1S/C21H23N5OS/c1-2-8-25(9-3-1)10-11-26-15-22-18-13-16(6-7-19(18)26)21-23-20(27-24-21)14-17-5-4-12-28-17/h4-7,12-13,15H,1-3,8-11,14H2. The van der Waals surface area contributed by atoms with Crippen LogP contribution in [0, 0.1) is 0 Å². The van der Waals surface area contributed by atoms with E-state index in [-0.39, 0.29) is 0 Å². The van der Waals surface area contributed by atoms with Gasteiger partial charge in [0.1, 0.15) is 0 Å². The molecule has 0 spiro atoms.